The smallest absolute Gasteiger partial charge is 0.0584 e. The lowest BCUT2D eigenvalue weighted by Crippen LogP contribution is -2.37. The molecule has 0 spiro atoms. The van der Waals surface area contributed by atoms with E-state index in [4.69, 9.17) is 5.11 Å². The summed E-state index contributed by atoms with van der Waals surface area (Å²) < 4.78 is 0. The van der Waals surface area contributed by atoms with Crippen molar-refractivity contribution in [1.82, 2.24) is 5.32 Å². The second kappa shape index (κ2) is 4.73. The third kappa shape index (κ3) is 6.32. The maximum atomic E-state index is 8.86. The lowest BCUT2D eigenvalue weighted by Gasteiger charge is -2.22. The Kier molecular flexibility index (Phi) is 4.69. The molecule has 1 atom stereocenters. The Morgan fingerprint density at radius 1 is 1.36 bits per heavy atom. The lowest BCUT2D eigenvalue weighted by molar-refractivity contribution is 0.224. The normalized spacial score (nSPS) is 15.0. The van der Waals surface area contributed by atoms with E-state index >= 15 is 0 Å². The largest absolute Gasteiger partial charge is 0.395 e. The highest BCUT2D eigenvalue weighted by Crippen LogP contribution is 2.10. The highest BCUT2D eigenvalue weighted by atomic mass is 16.3. The van der Waals surface area contributed by atoms with Crippen LogP contribution in [0.4, 0.5) is 0 Å². The fraction of sp³-hybridized carbons (Fsp3) is 1.00. The molecule has 0 bridgehead atoms. The van der Waals surface area contributed by atoms with Gasteiger partial charge in [-0.25, -0.2) is 0 Å². The van der Waals surface area contributed by atoms with Crippen LogP contribution in [0.15, 0.2) is 0 Å². The first-order valence-electron chi connectivity index (χ1n) is 4.34. The van der Waals surface area contributed by atoms with Crippen LogP contribution in [-0.2, 0) is 0 Å². The van der Waals surface area contributed by atoms with E-state index in [0.29, 0.717) is 5.41 Å². The first-order valence-corrected chi connectivity index (χ1v) is 4.34. The third-order valence-electron chi connectivity index (χ3n) is 1.63. The molecule has 0 saturated carbocycles. The topological polar surface area (TPSA) is 32.3 Å². The Bertz CT molecular complexity index is 92.2. The summed E-state index contributed by atoms with van der Waals surface area (Å²) in [6.07, 6.45) is 0.993. The summed E-state index contributed by atoms with van der Waals surface area (Å²) in [5, 5.41) is 12.2. The van der Waals surface area contributed by atoms with Crippen LogP contribution in [0.2, 0.25) is 0 Å². The van der Waals surface area contributed by atoms with Crippen LogP contribution >= 0.6 is 0 Å². The summed E-state index contributed by atoms with van der Waals surface area (Å²) in [5.41, 5.74) is 0.308. The van der Waals surface area contributed by atoms with Crippen LogP contribution in [-0.4, -0.2) is 24.3 Å². The average molecular weight is 159 g/mol. The van der Waals surface area contributed by atoms with Gasteiger partial charge >= 0.3 is 0 Å². The number of hydrogen-bond acceptors (Lipinski definition) is 2. The van der Waals surface area contributed by atoms with E-state index in [0.717, 1.165) is 13.0 Å². The number of aliphatic hydroxyl groups excluding tert-OH is 1. The van der Waals surface area contributed by atoms with Crippen molar-refractivity contribution in [2.45, 2.75) is 40.2 Å². The molecule has 0 aromatic carbocycles. The van der Waals surface area contributed by atoms with Crippen molar-refractivity contribution >= 4 is 0 Å². The van der Waals surface area contributed by atoms with E-state index in [1.807, 2.05) is 0 Å². The molecule has 2 N–H and O–H groups in total. The number of nitrogens with one attached hydrogen (secondary N) is 1. The van der Waals surface area contributed by atoms with E-state index in [2.05, 4.69) is 33.0 Å². The van der Waals surface area contributed by atoms with Crippen LogP contribution < -0.4 is 5.32 Å². The molecule has 0 aliphatic heterocycles. The van der Waals surface area contributed by atoms with Crippen molar-refractivity contribution < 1.29 is 5.11 Å². The number of hydrogen-bond donors (Lipinski definition) is 2. The van der Waals surface area contributed by atoms with Gasteiger partial charge in [0, 0.05) is 12.6 Å². The molecule has 68 valence electrons. The summed E-state index contributed by atoms with van der Waals surface area (Å²) in [6.45, 7) is 9.84. The minimum absolute atomic E-state index is 0.243. The summed E-state index contributed by atoms with van der Waals surface area (Å²) in [7, 11) is 0. The van der Waals surface area contributed by atoms with Gasteiger partial charge in [-0.1, -0.05) is 27.7 Å². The molecule has 0 aromatic heterocycles. The quantitative estimate of drug-likeness (QED) is 0.649. The molecule has 0 amide bonds. The Morgan fingerprint density at radius 2 is 1.91 bits per heavy atom. The van der Waals surface area contributed by atoms with Gasteiger partial charge in [0.2, 0.25) is 0 Å². The minimum Gasteiger partial charge on any atom is -0.395 e. The van der Waals surface area contributed by atoms with Crippen LogP contribution in [0.25, 0.3) is 0 Å². The maximum Gasteiger partial charge on any atom is 0.0584 e. The highest BCUT2D eigenvalue weighted by molar-refractivity contribution is 4.70. The molecule has 2 nitrogen and oxygen atoms in total. The zero-order chi connectivity index (χ0) is 8.91. The molecule has 0 radical (unpaired) electrons. The van der Waals surface area contributed by atoms with Gasteiger partial charge in [-0.3, -0.25) is 0 Å². The van der Waals surface area contributed by atoms with E-state index in [1.54, 1.807) is 0 Å². The molecule has 0 fully saturated rings. The van der Waals surface area contributed by atoms with Crippen LogP contribution in [0.3, 0.4) is 0 Å². The Morgan fingerprint density at radius 3 is 2.18 bits per heavy atom. The zero-order valence-electron chi connectivity index (χ0n) is 8.15. The van der Waals surface area contributed by atoms with Crippen molar-refractivity contribution in [2.24, 2.45) is 5.41 Å². The molecule has 2 heteroatoms. The van der Waals surface area contributed by atoms with Crippen molar-refractivity contribution in [3.63, 3.8) is 0 Å². The van der Waals surface area contributed by atoms with Crippen molar-refractivity contribution in [1.29, 1.82) is 0 Å². The predicted octanol–water partition coefficient (Wildman–Crippen LogP) is 1.39. The highest BCUT2D eigenvalue weighted by Gasteiger charge is 2.12. The SMILES string of the molecule is CC[C@H](CO)NCC(C)(C)C. The van der Waals surface area contributed by atoms with E-state index in [-0.39, 0.29) is 12.6 Å². The molecule has 11 heavy (non-hydrogen) atoms. The van der Waals surface area contributed by atoms with Crippen LogP contribution in [0.5, 0.6) is 0 Å². The lowest BCUT2D eigenvalue weighted by atomic mass is 9.96. The zero-order valence-corrected chi connectivity index (χ0v) is 8.15. The first kappa shape index (κ1) is 10.9. The van der Waals surface area contributed by atoms with Crippen molar-refractivity contribution in [2.75, 3.05) is 13.2 Å². The van der Waals surface area contributed by atoms with Crippen LogP contribution in [0.1, 0.15) is 34.1 Å². The van der Waals surface area contributed by atoms with Crippen molar-refractivity contribution in [3.05, 3.63) is 0 Å². The summed E-state index contributed by atoms with van der Waals surface area (Å²) in [5.74, 6) is 0. The predicted molar refractivity (Wildman–Crippen MR) is 48.6 cm³/mol. The van der Waals surface area contributed by atoms with Gasteiger partial charge in [-0.05, 0) is 11.8 Å². The molecule has 0 aromatic rings. The Hall–Kier alpha value is -0.0800. The monoisotopic (exact) mass is 159 g/mol. The molecule has 0 heterocycles. The standard InChI is InChI=1S/C9H21NO/c1-5-8(6-11)10-7-9(2,3)4/h8,10-11H,5-7H2,1-4H3/t8-/m1/s1. The summed E-state index contributed by atoms with van der Waals surface area (Å²) >= 11 is 0. The third-order valence-corrected chi connectivity index (χ3v) is 1.63. The molecule has 0 saturated heterocycles. The van der Waals surface area contributed by atoms with Gasteiger partial charge in [0.1, 0.15) is 0 Å². The molecule has 0 aliphatic rings. The summed E-state index contributed by atoms with van der Waals surface area (Å²) in [4.78, 5) is 0. The Balaban J connectivity index is 3.51. The van der Waals surface area contributed by atoms with Gasteiger partial charge in [0.05, 0.1) is 6.61 Å². The fourth-order valence-corrected chi connectivity index (χ4v) is 0.789. The number of rotatable bonds is 4. The second-order valence-corrected chi connectivity index (χ2v) is 4.23. The van der Waals surface area contributed by atoms with E-state index < -0.39 is 0 Å². The average Bonchev–Trinajstić information content (AvgIpc) is 1.88. The molecule has 0 unspecified atom stereocenters. The van der Waals surface area contributed by atoms with E-state index in [1.165, 1.54) is 0 Å². The fourth-order valence-electron chi connectivity index (χ4n) is 0.789. The van der Waals surface area contributed by atoms with Gasteiger partial charge < -0.3 is 10.4 Å². The Labute approximate surface area is 70.0 Å². The first-order chi connectivity index (χ1) is 4.99. The molecular weight excluding hydrogens is 138 g/mol. The molecular formula is C9H21NO. The van der Waals surface area contributed by atoms with Gasteiger partial charge in [-0.2, -0.15) is 0 Å². The van der Waals surface area contributed by atoms with Gasteiger partial charge in [0.25, 0.3) is 0 Å². The van der Waals surface area contributed by atoms with E-state index in [9.17, 15) is 0 Å². The summed E-state index contributed by atoms with van der Waals surface area (Å²) in [6, 6.07) is 0.272. The minimum atomic E-state index is 0.243. The maximum absolute atomic E-state index is 8.86. The van der Waals surface area contributed by atoms with Crippen molar-refractivity contribution in [3.8, 4) is 0 Å². The second-order valence-electron chi connectivity index (χ2n) is 4.23. The molecule has 0 rings (SSSR count). The number of aliphatic hydroxyl groups is 1. The van der Waals surface area contributed by atoms with Gasteiger partial charge in [-0.15, -0.1) is 0 Å². The molecule has 0 aliphatic carbocycles. The van der Waals surface area contributed by atoms with Gasteiger partial charge in [0.15, 0.2) is 0 Å². The van der Waals surface area contributed by atoms with Crippen LogP contribution in [0, 0.1) is 5.41 Å².